The van der Waals surface area contributed by atoms with Crippen molar-refractivity contribution in [3.63, 3.8) is 0 Å². The third kappa shape index (κ3) is 8.16. The number of rotatable bonds is 3. The van der Waals surface area contributed by atoms with Crippen LogP contribution in [0.4, 0.5) is 0 Å². The van der Waals surface area contributed by atoms with E-state index in [0.717, 1.165) is 0 Å². The van der Waals surface area contributed by atoms with Crippen molar-refractivity contribution in [3.8, 4) is 0 Å². The molecule has 0 aromatic carbocycles. The van der Waals surface area contributed by atoms with Crippen molar-refractivity contribution >= 4 is 23.7 Å². The predicted octanol–water partition coefficient (Wildman–Crippen LogP) is -6.01. The zero-order chi connectivity index (χ0) is 28.7. The van der Waals surface area contributed by atoms with E-state index in [2.05, 4.69) is 9.98 Å². The Morgan fingerprint density at radius 1 is 1.00 bits per heavy atom. The second-order valence-corrected chi connectivity index (χ2v) is 9.01. The monoisotopic (exact) mass is 550 g/mol. The number of aliphatic imine (C=N–C) groups is 2. The van der Waals surface area contributed by atoms with E-state index in [1.807, 2.05) is 0 Å². The summed E-state index contributed by atoms with van der Waals surface area (Å²) in [5.74, 6) is -1.93. The number of aliphatic hydroxyl groups is 5. The van der Waals surface area contributed by atoms with Gasteiger partial charge in [0.15, 0.2) is 12.2 Å². The fourth-order valence-electron chi connectivity index (χ4n) is 3.99. The first-order valence-electron chi connectivity index (χ1n) is 11.8. The standard InChI is InChI=1S/C14H25N3O9.C6H13N5O/c1-3-5(17-12(16)13(23)24)2-4(15)14(25-3)26-11-9(21)7(19)6(18)8(20)10(11)22;7-5(8)10-6(9)11-1-3-12-4-2-11/h3-11,14,18-22H,2,15H2,1H3,(H2,16,17)(H,23,24);1-4H2,(H5,7,8,9,10)/t3-,4+,5+,6?,7+,8+,9-,10+,11?,14-;/m1./s1. The minimum absolute atomic E-state index is 0.0773. The number of guanidine groups is 2. The third-order valence-electron chi connectivity index (χ3n) is 6.19. The lowest BCUT2D eigenvalue weighted by atomic mass is 9.84. The van der Waals surface area contributed by atoms with Crippen LogP contribution in [0.5, 0.6) is 0 Å². The summed E-state index contributed by atoms with van der Waals surface area (Å²) in [4.78, 5) is 20.0. The highest BCUT2D eigenvalue weighted by atomic mass is 16.7. The number of morpholine rings is 1. The van der Waals surface area contributed by atoms with Crippen LogP contribution in [0.15, 0.2) is 9.98 Å². The molecular formula is C20H38N8O10. The SMILES string of the molecule is C[C@H]1O[C@H](OC2[C@@H](O)[C@@H](O)C(O)[C@H](O)[C@H]2O)[C@@H](N)C[C@@H]1N=C(N)C(=O)O.N=C(N=C(N)N)N1CCOCC1. The average molecular weight is 551 g/mol. The molecule has 0 spiro atoms. The lowest BCUT2D eigenvalue weighted by molar-refractivity contribution is -0.293. The van der Waals surface area contributed by atoms with Crippen LogP contribution in [0.25, 0.3) is 0 Å². The molecule has 0 amide bonds. The van der Waals surface area contributed by atoms with Crippen molar-refractivity contribution in [2.45, 2.75) is 74.4 Å². The number of nitrogens with zero attached hydrogens (tertiary/aromatic N) is 3. The van der Waals surface area contributed by atoms with Crippen LogP contribution < -0.4 is 22.9 Å². The molecule has 2 unspecified atom stereocenters. The number of amidine groups is 1. The van der Waals surface area contributed by atoms with E-state index in [4.69, 9.17) is 47.7 Å². The topological polar surface area (TPSA) is 322 Å². The highest BCUT2D eigenvalue weighted by molar-refractivity contribution is 6.33. The molecule has 18 heteroatoms. The van der Waals surface area contributed by atoms with Gasteiger partial charge in [-0.25, -0.2) is 4.79 Å². The maximum atomic E-state index is 10.8. The van der Waals surface area contributed by atoms with E-state index in [1.165, 1.54) is 0 Å². The molecule has 3 rings (SSSR count). The molecule has 218 valence electrons. The molecule has 3 aliphatic rings. The van der Waals surface area contributed by atoms with E-state index in [0.29, 0.717) is 26.3 Å². The molecule has 2 saturated heterocycles. The highest BCUT2D eigenvalue weighted by Crippen LogP contribution is 2.29. The Balaban J connectivity index is 0.000000352. The quantitative estimate of drug-likeness (QED) is 0.115. The van der Waals surface area contributed by atoms with Crippen molar-refractivity contribution in [2.24, 2.45) is 32.9 Å². The van der Waals surface area contributed by atoms with Crippen LogP contribution in [0.1, 0.15) is 13.3 Å². The summed E-state index contributed by atoms with van der Waals surface area (Å²) in [6, 6.07) is -1.46. The van der Waals surface area contributed by atoms with Gasteiger partial charge in [0.2, 0.25) is 11.8 Å². The van der Waals surface area contributed by atoms with E-state index < -0.39 is 72.9 Å². The second kappa shape index (κ2) is 13.9. The number of carbonyl (C=O) groups is 1. The van der Waals surface area contributed by atoms with E-state index in [9.17, 15) is 30.3 Å². The molecule has 0 radical (unpaired) electrons. The van der Waals surface area contributed by atoms with Gasteiger partial charge in [0, 0.05) is 13.1 Å². The number of nitrogens with two attached hydrogens (primary N) is 4. The number of nitrogens with one attached hydrogen (secondary N) is 1. The smallest absolute Gasteiger partial charge is 0.370 e. The summed E-state index contributed by atoms with van der Waals surface area (Å²) >= 11 is 0. The molecule has 38 heavy (non-hydrogen) atoms. The van der Waals surface area contributed by atoms with E-state index >= 15 is 0 Å². The molecule has 3 fully saturated rings. The molecule has 0 aromatic rings. The van der Waals surface area contributed by atoms with Crippen molar-refractivity contribution < 1.29 is 49.6 Å². The van der Waals surface area contributed by atoms with Gasteiger partial charge in [-0.2, -0.15) is 4.99 Å². The Labute approximate surface area is 218 Å². The Kier molecular flexibility index (Phi) is 11.6. The van der Waals surface area contributed by atoms with Crippen LogP contribution in [-0.2, 0) is 19.0 Å². The maximum Gasteiger partial charge on any atom is 0.370 e. The van der Waals surface area contributed by atoms with Gasteiger partial charge in [-0.3, -0.25) is 10.4 Å². The molecule has 2 heterocycles. The maximum absolute atomic E-state index is 10.8. The van der Waals surface area contributed by atoms with Crippen molar-refractivity contribution in [1.29, 1.82) is 5.41 Å². The molecular weight excluding hydrogens is 512 g/mol. The number of carboxylic acid groups (broad SMARTS) is 1. The van der Waals surface area contributed by atoms with Crippen molar-refractivity contribution in [1.82, 2.24) is 4.90 Å². The van der Waals surface area contributed by atoms with Gasteiger partial charge in [-0.05, 0) is 13.3 Å². The summed E-state index contributed by atoms with van der Waals surface area (Å²) < 4.78 is 16.1. The zero-order valence-electron chi connectivity index (χ0n) is 20.8. The molecule has 10 atom stereocenters. The van der Waals surface area contributed by atoms with Gasteiger partial charge in [-0.1, -0.05) is 0 Å². The molecule has 0 aromatic heterocycles. The summed E-state index contributed by atoms with van der Waals surface area (Å²) in [6.07, 6.45) is -11.7. The molecule has 18 nitrogen and oxygen atoms in total. The normalized spacial score (nSPS) is 38.0. The van der Waals surface area contributed by atoms with Gasteiger partial charge in [0.1, 0.15) is 36.6 Å². The first-order valence-corrected chi connectivity index (χ1v) is 11.8. The van der Waals surface area contributed by atoms with Crippen LogP contribution in [0.3, 0.4) is 0 Å². The number of hydrogen-bond donors (Lipinski definition) is 11. The zero-order valence-corrected chi connectivity index (χ0v) is 20.8. The summed E-state index contributed by atoms with van der Waals surface area (Å²) in [5, 5.41) is 65.3. The lowest BCUT2D eigenvalue weighted by Crippen LogP contribution is -2.66. The van der Waals surface area contributed by atoms with Crippen LogP contribution in [0, 0.1) is 5.41 Å². The van der Waals surface area contributed by atoms with Gasteiger partial charge < -0.3 is 72.7 Å². The molecule has 2 aliphatic heterocycles. The van der Waals surface area contributed by atoms with Gasteiger partial charge in [0.05, 0.1) is 31.4 Å². The highest BCUT2D eigenvalue weighted by Gasteiger charge is 2.50. The summed E-state index contributed by atoms with van der Waals surface area (Å²) in [6.45, 7) is 4.20. The van der Waals surface area contributed by atoms with E-state index in [1.54, 1.807) is 11.8 Å². The van der Waals surface area contributed by atoms with Crippen LogP contribution in [0.2, 0.25) is 0 Å². The Morgan fingerprint density at radius 2 is 1.53 bits per heavy atom. The first kappa shape index (κ1) is 31.5. The first-order chi connectivity index (χ1) is 17.7. The van der Waals surface area contributed by atoms with Crippen LogP contribution >= 0.6 is 0 Å². The Bertz CT molecular complexity index is 853. The minimum Gasteiger partial charge on any atom is -0.475 e. The van der Waals surface area contributed by atoms with Crippen LogP contribution in [-0.4, -0.2) is 147 Å². The fourth-order valence-corrected chi connectivity index (χ4v) is 3.99. The summed E-state index contributed by atoms with van der Waals surface area (Å²) in [7, 11) is 0. The number of ether oxygens (including phenoxy) is 3. The number of aliphatic hydroxyl groups excluding tert-OH is 5. The second-order valence-electron chi connectivity index (χ2n) is 9.01. The molecule has 0 bridgehead atoms. The lowest BCUT2D eigenvalue weighted by Gasteiger charge is -2.45. The summed E-state index contributed by atoms with van der Waals surface area (Å²) in [5.41, 5.74) is 21.5. The van der Waals surface area contributed by atoms with Crippen molar-refractivity contribution in [3.05, 3.63) is 0 Å². The van der Waals surface area contributed by atoms with Gasteiger partial charge >= 0.3 is 5.97 Å². The molecule has 1 aliphatic carbocycles. The average Bonchev–Trinajstić information content (AvgIpc) is 2.87. The van der Waals surface area contributed by atoms with Crippen molar-refractivity contribution in [2.75, 3.05) is 26.3 Å². The Morgan fingerprint density at radius 3 is 2.03 bits per heavy atom. The minimum atomic E-state index is -1.74. The Hall–Kier alpha value is -2.68. The molecule has 1 saturated carbocycles. The largest absolute Gasteiger partial charge is 0.475 e. The van der Waals surface area contributed by atoms with Gasteiger partial charge in [-0.15, -0.1) is 0 Å². The third-order valence-corrected chi connectivity index (χ3v) is 6.19. The fraction of sp³-hybridized carbons (Fsp3) is 0.800. The predicted molar refractivity (Wildman–Crippen MR) is 131 cm³/mol. The van der Waals surface area contributed by atoms with E-state index in [-0.39, 0.29) is 18.3 Å². The number of aliphatic carboxylic acids is 1. The number of hydrogen-bond acceptors (Lipinski definition) is 12. The number of carboxylic acids is 1. The molecule has 15 N–H and O–H groups in total. The van der Waals surface area contributed by atoms with Gasteiger partial charge in [0.25, 0.3) is 0 Å².